The summed E-state index contributed by atoms with van der Waals surface area (Å²) in [6.07, 6.45) is 1.72. The van der Waals surface area contributed by atoms with Gasteiger partial charge in [0, 0.05) is 5.41 Å². The van der Waals surface area contributed by atoms with Gasteiger partial charge in [0.2, 0.25) is 0 Å². The van der Waals surface area contributed by atoms with Gasteiger partial charge in [-0.1, -0.05) is 5.82 Å². The lowest BCUT2D eigenvalue weighted by Crippen LogP contribution is -2.22. The molecule has 0 bridgehead atoms. The summed E-state index contributed by atoms with van der Waals surface area (Å²) in [5.74, 6) is 1.25. The molecule has 0 aromatic heterocycles. The first-order valence-electron chi connectivity index (χ1n) is 3.99. The number of hydrogen-bond donors (Lipinski definition) is 2. The number of hydrogen-bond acceptors (Lipinski definition) is 2. The second-order valence-electron chi connectivity index (χ2n) is 3.93. The molecule has 2 fully saturated rings. The molecule has 0 aromatic rings. The van der Waals surface area contributed by atoms with Crippen molar-refractivity contribution in [2.45, 2.75) is 24.8 Å². The quantitative estimate of drug-likeness (QED) is 0.466. The molecule has 2 nitrogen and oxygen atoms in total. The van der Waals surface area contributed by atoms with Crippen molar-refractivity contribution in [3.8, 4) is 0 Å². The molecule has 4 atom stereocenters. The summed E-state index contributed by atoms with van der Waals surface area (Å²) in [6.45, 7) is 0.184. The molecular formula is C7H13BO2. The molecule has 2 rings (SSSR count). The molecule has 0 aromatic carbocycles. The lowest BCUT2D eigenvalue weighted by Gasteiger charge is -2.14. The predicted octanol–water partition coefficient (Wildman–Crippen LogP) is -0.829. The van der Waals surface area contributed by atoms with Crippen LogP contribution in [-0.2, 0) is 0 Å². The van der Waals surface area contributed by atoms with Crippen LogP contribution < -0.4 is 0 Å². The minimum absolute atomic E-state index is 0.0561. The second kappa shape index (κ2) is 1.77. The Hall–Kier alpha value is -0.0151. The summed E-state index contributed by atoms with van der Waals surface area (Å²) >= 11 is 0. The van der Waals surface area contributed by atoms with Crippen LogP contribution in [0.4, 0.5) is 0 Å². The van der Waals surface area contributed by atoms with Gasteiger partial charge < -0.3 is 10.2 Å². The highest BCUT2D eigenvalue weighted by atomic mass is 16.3. The Balaban J connectivity index is 2.16. The van der Waals surface area contributed by atoms with Crippen LogP contribution in [0.3, 0.4) is 0 Å². The van der Waals surface area contributed by atoms with Gasteiger partial charge in [0.25, 0.3) is 0 Å². The molecule has 0 radical (unpaired) electrons. The fraction of sp³-hybridized carbons (Fsp3) is 1.00. The van der Waals surface area contributed by atoms with Crippen molar-refractivity contribution in [3.05, 3.63) is 0 Å². The third-order valence-corrected chi connectivity index (χ3v) is 3.42. The van der Waals surface area contributed by atoms with E-state index in [1.165, 1.54) is 0 Å². The smallest absolute Gasteiger partial charge is 0.105 e. The van der Waals surface area contributed by atoms with Crippen molar-refractivity contribution in [3.63, 3.8) is 0 Å². The van der Waals surface area contributed by atoms with Crippen LogP contribution >= 0.6 is 0 Å². The lowest BCUT2D eigenvalue weighted by molar-refractivity contribution is 0.0612. The van der Waals surface area contributed by atoms with Crippen molar-refractivity contribution in [1.29, 1.82) is 0 Å². The first-order valence-corrected chi connectivity index (χ1v) is 3.99. The number of fused-ring (bicyclic) bond motifs is 1. The zero-order valence-corrected chi connectivity index (χ0v) is 6.25. The van der Waals surface area contributed by atoms with Crippen molar-refractivity contribution >= 4 is 7.85 Å². The van der Waals surface area contributed by atoms with Gasteiger partial charge in [-0.2, -0.15) is 0 Å². The van der Waals surface area contributed by atoms with Gasteiger partial charge in [0.1, 0.15) is 7.85 Å². The molecule has 10 heavy (non-hydrogen) atoms. The Morgan fingerprint density at radius 1 is 1.60 bits per heavy atom. The highest BCUT2D eigenvalue weighted by Gasteiger charge is 2.64. The van der Waals surface area contributed by atoms with Gasteiger partial charge >= 0.3 is 0 Å². The van der Waals surface area contributed by atoms with Crippen LogP contribution in [0.5, 0.6) is 0 Å². The Labute approximate surface area is 61.7 Å². The molecule has 1 unspecified atom stereocenters. The van der Waals surface area contributed by atoms with E-state index >= 15 is 0 Å². The Morgan fingerprint density at radius 2 is 2.30 bits per heavy atom. The number of aliphatic hydroxyl groups is 2. The summed E-state index contributed by atoms with van der Waals surface area (Å²) in [5, 5.41) is 18.5. The van der Waals surface area contributed by atoms with Crippen LogP contribution in [0.15, 0.2) is 0 Å². The van der Waals surface area contributed by atoms with Crippen molar-refractivity contribution in [2.24, 2.45) is 11.3 Å². The first-order chi connectivity index (χ1) is 4.70. The third-order valence-electron chi connectivity index (χ3n) is 3.42. The monoisotopic (exact) mass is 140 g/mol. The molecule has 2 aliphatic rings. The van der Waals surface area contributed by atoms with Gasteiger partial charge in [-0.25, -0.2) is 0 Å². The van der Waals surface area contributed by atoms with E-state index in [0.717, 1.165) is 12.8 Å². The van der Waals surface area contributed by atoms with Crippen LogP contribution in [0, 0.1) is 11.3 Å². The van der Waals surface area contributed by atoms with E-state index in [2.05, 4.69) is 7.85 Å². The SMILES string of the molecule is B[C@H]1C[C@H](O)[C@@]2(CO)CC12. The Bertz CT molecular complexity index is 158. The van der Waals surface area contributed by atoms with E-state index in [9.17, 15) is 5.11 Å². The summed E-state index contributed by atoms with van der Waals surface area (Å²) in [5.41, 5.74) is -0.0561. The highest BCUT2D eigenvalue weighted by molar-refractivity contribution is 6.12. The summed E-state index contributed by atoms with van der Waals surface area (Å²) < 4.78 is 0. The van der Waals surface area contributed by atoms with Gasteiger partial charge in [0.15, 0.2) is 0 Å². The minimum Gasteiger partial charge on any atom is -0.396 e. The molecule has 2 aliphatic carbocycles. The molecule has 0 saturated heterocycles. The normalized spacial score (nSPS) is 58.4. The van der Waals surface area contributed by atoms with Crippen LogP contribution in [0.1, 0.15) is 12.8 Å². The standard InChI is InChI=1S/C7H13BO2/c8-5-1-6(10)7(3-9)2-4(5)7/h4-6,9-10H,1-3,8H2/t4?,5-,6-,7+/m0/s1. The third kappa shape index (κ3) is 0.577. The maximum absolute atomic E-state index is 9.50. The molecule has 0 aliphatic heterocycles. The van der Waals surface area contributed by atoms with Gasteiger partial charge in [-0.05, 0) is 18.8 Å². The largest absolute Gasteiger partial charge is 0.396 e. The molecule has 0 spiro atoms. The van der Waals surface area contributed by atoms with Crippen LogP contribution in [0.2, 0.25) is 5.82 Å². The molecule has 0 heterocycles. The molecule has 2 N–H and O–H groups in total. The van der Waals surface area contributed by atoms with Crippen LogP contribution in [-0.4, -0.2) is 30.8 Å². The fourth-order valence-corrected chi connectivity index (χ4v) is 2.54. The maximum atomic E-state index is 9.50. The van der Waals surface area contributed by atoms with Crippen molar-refractivity contribution in [2.75, 3.05) is 6.61 Å². The van der Waals surface area contributed by atoms with Gasteiger partial charge in [0.05, 0.1) is 12.7 Å². The first kappa shape index (κ1) is 6.68. The van der Waals surface area contributed by atoms with Gasteiger partial charge in [-0.15, -0.1) is 0 Å². The zero-order chi connectivity index (χ0) is 7.35. The highest BCUT2D eigenvalue weighted by Crippen LogP contribution is 2.67. The predicted molar refractivity (Wildman–Crippen MR) is 40.5 cm³/mol. The molecule has 0 amide bonds. The lowest BCUT2D eigenvalue weighted by atomic mass is 9.83. The average molecular weight is 140 g/mol. The topological polar surface area (TPSA) is 40.5 Å². The maximum Gasteiger partial charge on any atom is 0.105 e. The minimum atomic E-state index is -0.225. The second-order valence-corrected chi connectivity index (χ2v) is 3.93. The van der Waals surface area contributed by atoms with E-state index in [1.54, 1.807) is 0 Å². The van der Waals surface area contributed by atoms with Crippen molar-refractivity contribution < 1.29 is 10.2 Å². The molecule has 56 valence electrons. The van der Waals surface area contributed by atoms with E-state index in [4.69, 9.17) is 5.11 Å². The number of aliphatic hydroxyl groups excluding tert-OH is 2. The zero-order valence-electron chi connectivity index (χ0n) is 6.25. The van der Waals surface area contributed by atoms with Crippen LogP contribution in [0.25, 0.3) is 0 Å². The van der Waals surface area contributed by atoms with E-state index in [1.807, 2.05) is 0 Å². The average Bonchev–Trinajstić information content (AvgIpc) is 2.57. The fourth-order valence-electron chi connectivity index (χ4n) is 2.54. The molecule has 3 heteroatoms. The molecular weight excluding hydrogens is 127 g/mol. The van der Waals surface area contributed by atoms with Crippen molar-refractivity contribution in [1.82, 2.24) is 0 Å². The van der Waals surface area contributed by atoms with E-state index < -0.39 is 0 Å². The number of rotatable bonds is 1. The van der Waals surface area contributed by atoms with Gasteiger partial charge in [-0.3, -0.25) is 0 Å². The molecule has 2 saturated carbocycles. The summed E-state index contributed by atoms with van der Waals surface area (Å²) in [7, 11) is 2.16. The van der Waals surface area contributed by atoms with E-state index in [0.29, 0.717) is 11.7 Å². The summed E-state index contributed by atoms with van der Waals surface area (Å²) in [6, 6.07) is 0. The Morgan fingerprint density at radius 3 is 2.50 bits per heavy atom. The Kier molecular flexibility index (Phi) is 1.18. The summed E-state index contributed by atoms with van der Waals surface area (Å²) in [4.78, 5) is 0. The van der Waals surface area contributed by atoms with E-state index in [-0.39, 0.29) is 18.1 Å².